The molecule has 0 atom stereocenters. The van der Waals surface area contributed by atoms with Crippen molar-refractivity contribution >= 4 is 55.6 Å². The van der Waals surface area contributed by atoms with E-state index in [1.54, 1.807) is 0 Å². The van der Waals surface area contributed by atoms with E-state index in [0.717, 1.165) is 0 Å². The molecule has 0 saturated carbocycles. The number of hydrogen-bond acceptors (Lipinski definition) is 0. The number of nitrogens with zero attached hydrogens (tertiary/aromatic N) is 1. The van der Waals surface area contributed by atoms with Gasteiger partial charge in [-0.05, 0) is 0 Å². The second-order valence-corrected chi connectivity index (χ2v) is 16.7. The van der Waals surface area contributed by atoms with Gasteiger partial charge in [0.15, 0.2) is 0 Å². The third-order valence-electron chi connectivity index (χ3n) is 11.2. The molecule has 0 fully saturated rings. The number of aromatic nitrogens is 1. The maximum absolute atomic E-state index is 2.42. The number of hydrogen-bond donors (Lipinski definition) is 0. The van der Waals surface area contributed by atoms with E-state index in [4.69, 9.17) is 0 Å². The summed E-state index contributed by atoms with van der Waals surface area (Å²) in [5.74, 6) is 0. The predicted octanol–water partition coefficient (Wildman–Crippen LogP) is 14.5. The van der Waals surface area contributed by atoms with Crippen molar-refractivity contribution in [2.24, 2.45) is 0 Å². The van der Waals surface area contributed by atoms with Gasteiger partial charge in [-0.3, -0.25) is 0 Å². The average Bonchev–Trinajstić information content (AvgIpc) is 3.82. The molecule has 0 aliphatic heterocycles. The quantitative estimate of drug-likeness (QED) is 0.148. The molecule has 0 amide bonds. The molecule has 0 aliphatic carbocycles. The number of rotatable bonds is 6. The fourth-order valence-corrected chi connectivity index (χ4v) is 11.0. The van der Waals surface area contributed by atoms with Crippen LogP contribution in [0.3, 0.4) is 0 Å². The van der Waals surface area contributed by atoms with Gasteiger partial charge in [-0.1, -0.05) is 18.2 Å². The fraction of sp³-hybridized carbons (Fsp3) is 0. The minimum absolute atomic E-state index is 0.193. The molecule has 0 radical (unpaired) electrons. The molecular weight excluding hydrogens is 742 g/mol. The third kappa shape index (κ3) is 5.62. The van der Waals surface area contributed by atoms with Gasteiger partial charge in [0.25, 0.3) is 0 Å². The van der Waals surface area contributed by atoms with Crippen LogP contribution in [0.2, 0.25) is 0 Å². The van der Waals surface area contributed by atoms with Crippen LogP contribution in [0.5, 0.6) is 0 Å². The molecule has 11 aromatic rings. The van der Waals surface area contributed by atoms with Crippen molar-refractivity contribution in [3.05, 3.63) is 212 Å². The molecule has 0 unspecified atom stereocenters. The van der Waals surface area contributed by atoms with E-state index in [0.29, 0.717) is 0 Å². The zero-order valence-corrected chi connectivity index (χ0v) is 32.3. The molecule has 2 heterocycles. The Morgan fingerprint density at radius 1 is 0.286 bits per heavy atom. The molecule has 2 heteroatoms. The van der Waals surface area contributed by atoms with E-state index in [9.17, 15) is 0 Å². The van der Waals surface area contributed by atoms with E-state index in [1.807, 2.05) is 0 Å². The first-order valence-corrected chi connectivity index (χ1v) is 20.9. The summed E-state index contributed by atoms with van der Waals surface area (Å²) in [5, 5.41) is 5.25. The van der Waals surface area contributed by atoms with Crippen LogP contribution >= 0.6 is 0 Å². The van der Waals surface area contributed by atoms with Crippen LogP contribution in [0, 0.1) is 0 Å². The maximum atomic E-state index is 2.42. The molecule has 2 aromatic heterocycles. The van der Waals surface area contributed by atoms with E-state index >= 15 is 0 Å². The van der Waals surface area contributed by atoms with Crippen molar-refractivity contribution in [1.82, 2.24) is 4.57 Å². The molecular formula is C54H35NSe. The third-order valence-corrected chi connectivity index (χ3v) is 13.7. The monoisotopic (exact) mass is 777 g/mol. The Labute approximate surface area is 332 Å². The van der Waals surface area contributed by atoms with Gasteiger partial charge in [0, 0.05) is 0 Å². The van der Waals surface area contributed by atoms with Crippen molar-refractivity contribution in [2.45, 2.75) is 0 Å². The van der Waals surface area contributed by atoms with Crippen LogP contribution in [-0.4, -0.2) is 19.1 Å². The topological polar surface area (TPSA) is 4.93 Å². The molecule has 0 saturated heterocycles. The van der Waals surface area contributed by atoms with Crippen LogP contribution in [0.15, 0.2) is 212 Å². The second-order valence-electron chi connectivity index (χ2n) is 14.5. The molecule has 0 spiro atoms. The summed E-state index contributed by atoms with van der Waals surface area (Å²) in [6.07, 6.45) is 0. The average molecular weight is 777 g/mol. The Hall–Kier alpha value is -6.70. The van der Waals surface area contributed by atoms with Crippen molar-refractivity contribution in [3.63, 3.8) is 0 Å². The number of fused-ring (bicyclic) bond motifs is 6. The number of para-hydroxylation sites is 2. The first-order chi connectivity index (χ1) is 27.7. The van der Waals surface area contributed by atoms with Crippen LogP contribution in [0.25, 0.3) is 102 Å². The summed E-state index contributed by atoms with van der Waals surface area (Å²) in [5.41, 5.74) is 16.0. The van der Waals surface area contributed by atoms with Gasteiger partial charge < -0.3 is 0 Å². The first kappa shape index (κ1) is 32.7. The minimum atomic E-state index is 0.193. The number of benzene rings is 9. The van der Waals surface area contributed by atoms with Gasteiger partial charge in [-0.15, -0.1) is 0 Å². The zero-order valence-electron chi connectivity index (χ0n) is 30.6. The van der Waals surface area contributed by atoms with Crippen LogP contribution in [0.4, 0.5) is 0 Å². The Bertz CT molecular complexity index is 3230. The van der Waals surface area contributed by atoms with Crippen molar-refractivity contribution in [2.75, 3.05) is 0 Å². The summed E-state index contributed by atoms with van der Waals surface area (Å²) >= 11 is 0.193. The fourth-order valence-electron chi connectivity index (χ4n) is 8.47. The van der Waals surface area contributed by atoms with Crippen LogP contribution in [0.1, 0.15) is 0 Å². The second kappa shape index (κ2) is 13.6. The SMILES string of the molecule is c1ccc(-c2cccc(-c3cc(-c4ccc5c(c4)c4ccccc4n5-c4ccccc4)cc(-c4cccc5c4[se]c4ccc(-c6ccccc6)cc45)c3)c2)cc1. The molecule has 11 rings (SSSR count). The molecule has 1 nitrogen and oxygen atoms in total. The van der Waals surface area contributed by atoms with Crippen LogP contribution < -0.4 is 0 Å². The molecule has 0 bridgehead atoms. The molecule has 262 valence electrons. The van der Waals surface area contributed by atoms with E-state index in [2.05, 4.69) is 217 Å². The van der Waals surface area contributed by atoms with Gasteiger partial charge in [0.05, 0.1) is 0 Å². The van der Waals surface area contributed by atoms with Gasteiger partial charge in [0.1, 0.15) is 0 Å². The van der Waals surface area contributed by atoms with E-state index in [-0.39, 0.29) is 14.5 Å². The summed E-state index contributed by atoms with van der Waals surface area (Å²) in [4.78, 5) is 0. The normalized spacial score (nSPS) is 11.6. The van der Waals surface area contributed by atoms with E-state index in [1.165, 1.54) is 102 Å². The Morgan fingerprint density at radius 2 is 0.786 bits per heavy atom. The summed E-state index contributed by atoms with van der Waals surface area (Å²) in [6, 6.07) is 78.2. The molecule has 56 heavy (non-hydrogen) atoms. The van der Waals surface area contributed by atoms with Crippen molar-refractivity contribution in [3.8, 4) is 61.3 Å². The van der Waals surface area contributed by atoms with Crippen molar-refractivity contribution < 1.29 is 0 Å². The Kier molecular flexibility index (Phi) is 7.91. The summed E-state index contributed by atoms with van der Waals surface area (Å²) < 4.78 is 5.30. The summed E-state index contributed by atoms with van der Waals surface area (Å²) in [7, 11) is 0. The van der Waals surface area contributed by atoms with E-state index < -0.39 is 0 Å². The zero-order chi connectivity index (χ0) is 37.0. The Balaban J connectivity index is 1.12. The van der Waals surface area contributed by atoms with Gasteiger partial charge >= 0.3 is 316 Å². The predicted molar refractivity (Wildman–Crippen MR) is 240 cm³/mol. The van der Waals surface area contributed by atoms with Gasteiger partial charge in [-0.2, -0.15) is 0 Å². The molecule has 9 aromatic carbocycles. The Morgan fingerprint density at radius 3 is 1.54 bits per heavy atom. The molecule has 0 aliphatic rings. The summed E-state index contributed by atoms with van der Waals surface area (Å²) in [6.45, 7) is 0. The van der Waals surface area contributed by atoms with Gasteiger partial charge in [-0.25, -0.2) is 0 Å². The first-order valence-electron chi connectivity index (χ1n) is 19.2. The van der Waals surface area contributed by atoms with Crippen molar-refractivity contribution in [1.29, 1.82) is 0 Å². The molecule has 0 N–H and O–H groups in total. The standard InChI is InChI=1S/C54H35NSe/c1-4-14-36(15-5-1)38-18-12-19-39(30-38)42-31-43(41-26-28-52-49(34-41)47-22-10-11-25-51(47)55(52)45-20-8-3-9-21-45)33-44(32-42)46-23-13-24-48-50-35-40(37-16-6-2-7-17-37)27-29-53(50)56-54(46)48/h1-35H. The van der Waals surface area contributed by atoms with Gasteiger partial charge in [0.2, 0.25) is 0 Å². The van der Waals surface area contributed by atoms with Crippen LogP contribution in [-0.2, 0) is 0 Å².